The molecule has 0 amide bonds. The Bertz CT molecular complexity index is 859. The molecule has 0 atom stereocenters. The molecule has 2 aliphatic carbocycles. The van der Waals surface area contributed by atoms with E-state index in [0.29, 0.717) is 12.0 Å². The van der Waals surface area contributed by atoms with Gasteiger partial charge in [0.25, 0.3) is 0 Å². The lowest BCUT2D eigenvalue weighted by Crippen LogP contribution is -2.02. The fourth-order valence-electron chi connectivity index (χ4n) is 2.88. The average molecular weight is 358 g/mol. The molecule has 0 radical (unpaired) electrons. The highest BCUT2D eigenvalue weighted by atomic mass is 32.2. The van der Waals surface area contributed by atoms with Crippen molar-refractivity contribution < 1.29 is 4.42 Å². The third-order valence-electron chi connectivity index (χ3n) is 4.51. The molecule has 24 heavy (non-hydrogen) atoms. The maximum atomic E-state index is 5.83. The molecule has 0 saturated heterocycles. The number of rotatable bonds is 6. The van der Waals surface area contributed by atoms with Crippen LogP contribution in [0.25, 0.3) is 10.8 Å². The fraction of sp³-hybridized carbons (Fsp3) is 0.471. The van der Waals surface area contributed by atoms with Gasteiger partial charge in [0.2, 0.25) is 5.89 Å². The maximum absolute atomic E-state index is 5.83. The first-order valence-electron chi connectivity index (χ1n) is 8.37. The molecule has 3 aromatic heterocycles. The van der Waals surface area contributed by atoms with E-state index in [1.165, 1.54) is 31.5 Å². The lowest BCUT2D eigenvalue weighted by molar-refractivity contribution is 0.542. The normalized spacial score (nSPS) is 17.5. The lowest BCUT2D eigenvalue weighted by atomic mass is 10.4. The summed E-state index contributed by atoms with van der Waals surface area (Å²) in [5, 5.41) is 12.0. The molecule has 0 N–H and O–H groups in total. The molecule has 0 spiro atoms. The van der Waals surface area contributed by atoms with Crippen molar-refractivity contribution in [2.45, 2.75) is 55.5 Å². The number of thiophene rings is 1. The van der Waals surface area contributed by atoms with Crippen molar-refractivity contribution in [3.63, 3.8) is 0 Å². The number of oxazole rings is 1. The molecule has 7 heteroatoms. The van der Waals surface area contributed by atoms with Gasteiger partial charge in [-0.1, -0.05) is 17.8 Å². The average Bonchev–Trinajstić information content (AvgIpc) is 3.47. The van der Waals surface area contributed by atoms with Crippen LogP contribution in [0.3, 0.4) is 0 Å². The summed E-state index contributed by atoms with van der Waals surface area (Å²) >= 11 is 3.38. The van der Waals surface area contributed by atoms with Gasteiger partial charge in [0.1, 0.15) is 11.6 Å². The summed E-state index contributed by atoms with van der Waals surface area (Å²) < 4.78 is 8.22. The summed E-state index contributed by atoms with van der Waals surface area (Å²) in [5.74, 6) is 4.24. The summed E-state index contributed by atoms with van der Waals surface area (Å²) in [5.41, 5.74) is 1.00. The van der Waals surface area contributed by atoms with E-state index in [0.717, 1.165) is 33.1 Å². The van der Waals surface area contributed by atoms with Crippen molar-refractivity contribution in [2.24, 2.45) is 0 Å². The molecular weight excluding hydrogens is 340 g/mol. The summed E-state index contributed by atoms with van der Waals surface area (Å²) in [7, 11) is 0. The largest absolute Gasteiger partial charge is 0.440 e. The van der Waals surface area contributed by atoms with Crippen molar-refractivity contribution in [3.8, 4) is 10.8 Å². The van der Waals surface area contributed by atoms with E-state index in [4.69, 9.17) is 4.42 Å². The Morgan fingerprint density at radius 2 is 2.17 bits per heavy atom. The van der Waals surface area contributed by atoms with Crippen LogP contribution in [-0.2, 0) is 5.75 Å². The van der Waals surface area contributed by atoms with Gasteiger partial charge in [-0.3, -0.25) is 0 Å². The van der Waals surface area contributed by atoms with Gasteiger partial charge in [0, 0.05) is 17.7 Å². The van der Waals surface area contributed by atoms with E-state index in [9.17, 15) is 0 Å². The minimum atomic E-state index is 0.623. The zero-order chi connectivity index (χ0) is 16.1. The smallest absolute Gasteiger partial charge is 0.236 e. The summed E-state index contributed by atoms with van der Waals surface area (Å²) in [4.78, 5) is 5.75. The van der Waals surface area contributed by atoms with Crippen molar-refractivity contribution in [1.29, 1.82) is 0 Å². The van der Waals surface area contributed by atoms with Crippen LogP contribution in [0, 0.1) is 6.92 Å². The molecule has 124 valence electrons. The predicted molar refractivity (Wildman–Crippen MR) is 94.4 cm³/mol. The van der Waals surface area contributed by atoms with Crippen LogP contribution in [0.5, 0.6) is 0 Å². The van der Waals surface area contributed by atoms with Gasteiger partial charge in [-0.15, -0.1) is 21.5 Å². The van der Waals surface area contributed by atoms with E-state index in [2.05, 4.69) is 19.7 Å². The third-order valence-corrected chi connectivity index (χ3v) is 6.32. The minimum Gasteiger partial charge on any atom is -0.440 e. The number of nitrogens with zero attached hydrogens (tertiary/aromatic N) is 4. The summed E-state index contributed by atoms with van der Waals surface area (Å²) in [6, 6.07) is 4.68. The van der Waals surface area contributed by atoms with Crippen molar-refractivity contribution in [1.82, 2.24) is 19.7 Å². The summed E-state index contributed by atoms with van der Waals surface area (Å²) in [6.07, 6.45) is 5.05. The molecule has 0 aliphatic heterocycles. The Hall–Kier alpha value is -1.60. The third kappa shape index (κ3) is 2.69. The Morgan fingerprint density at radius 1 is 1.29 bits per heavy atom. The second-order valence-corrected chi connectivity index (χ2v) is 8.39. The van der Waals surface area contributed by atoms with Crippen LogP contribution in [0.4, 0.5) is 0 Å². The van der Waals surface area contributed by atoms with Gasteiger partial charge in [0.05, 0.1) is 10.6 Å². The maximum Gasteiger partial charge on any atom is 0.236 e. The topological polar surface area (TPSA) is 56.7 Å². The van der Waals surface area contributed by atoms with Crippen LogP contribution in [0.1, 0.15) is 54.9 Å². The number of aryl methyl sites for hydroxylation is 1. The molecule has 2 saturated carbocycles. The van der Waals surface area contributed by atoms with Crippen LogP contribution >= 0.6 is 23.1 Å². The van der Waals surface area contributed by atoms with Crippen LogP contribution in [0.2, 0.25) is 0 Å². The SMILES string of the molecule is Cc1oc(-c2cccs2)nc1CSc1nnc(C2CC2)n1C1CC1. The van der Waals surface area contributed by atoms with Gasteiger partial charge < -0.3 is 8.98 Å². The van der Waals surface area contributed by atoms with Crippen LogP contribution < -0.4 is 0 Å². The Balaban J connectivity index is 1.36. The highest BCUT2D eigenvalue weighted by Crippen LogP contribution is 2.46. The molecule has 3 aromatic rings. The second-order valence-electron chi connectivity index (χ2n) is 6.50. The molecule has 5 nitrogen and oxygen atoms in total. The molecular formula is C17H18N4OS2. The number of hydrogen-bond donors (Lipinski definition) is 0. The van der Waals surface area contributed by atoms with Gasteiger partial charge in [-0.05, 0) is 44.1 Å². The zero-order valence-electron chi connectivity index (χ0n) is 13.4. The molecule has 3 heterocycles. The predicted octanol–water partition coefficient (Wildman–Crippen LogP) is 4.81. The van der Waals surface area contributed by atoms with Crippen molar-refractivity contribution in [2.75, 3.05) is 0 Å². The molecule has 0 unspecified atom stereocenters. The molecule has 2 aliphatic rings. The van der Waals surface area contributed by atoms with Crippen LogP contribution in [-0.4, -0.2) is 19.7 Å². The van der Waals surface area contributed by atoms with Gasteiger partial charge in [-0.25, -0.2) is 4.98 Å². The monoisotopic (exact) mass is 358 g/mol. The Labute approximate surface area is 148 Å². The second kappa shape index (κ2) is 5.74. The highest BCUT2D eigenvalue weighted by Gasteiger charge is 2.36. The van der Waals surface area contributed by atoms with Gasteiger partial charge >= 0.3 is 0 Å². The van der Waals surface area contributed by atoms with Crippen LogP contribution in [0.15, 0.2) is 27.1 Å². The molecule has 5 rings (SSSR count). The molecule has 0 aromatic carbocycles. The van der Waals surface area contributed by atoms with Gasteiger partial charge in [-0.2, -0.15) is 0 Å². The molecule has 2 fully saturated rings. The first kappa shape index (κ1) is 14.7. The molecule has 0 bridgehead atoms. The number of thioether (sulfide) groups is 1. The lowest BCUT2D eigenvalue weighted by Gasteiger charge is -2.07. The van der Waals surface area contributed by atoms with E-state index in [1.54, 1.807) is 23.1 Å². The van der Waals surface area contributed by atoms with E-state index >= 15 is 0 Å². The van der Waals surface area contributed by atoms with Crippen molar-refractivity contribution >= 4 is 23.1 Å². The highest BCUT2D eigenvalue weighted by molar-refractivity contribution is 7.98. The Morgan fingerprint density at radius 3 is 2.88 bits per heavy atom. The van der Waals surface area contributed by atoms with E-state index in [-0.39, 0.29) is 0 Å². The zero-order valence-corrected chi connectivity index (χ0v) is 15.1. The first-order chi connectivity index (χ1) is 11.8. The summed E-state index contributed by atoms with van der Waals surface area (Å²) in [6.45, 7) is 1.99. The van der Waals surface area contributed by atoms with E-state index in [1.807, 2.05) is 24.4 Å². The number of hydrogen-bond acceptors (Lipinski definition) is 6. The minimum absolute atomic E-state index is 0.623. The number of aromatic nitrogens is 4. The van der Waals surface area contributed by atoms with Gasteiger partial charge in [0.15, 0.2) is 5.16 Å². The van der Waals surface area contributed by atoms with E-state index < -0.39 is 0 Å². The van der Waals surface area contributed by atoms with Crippen molar-refractivity contribution in [3.05, 3.63) is 34.8 Å². The Kier molecular flexibility index (Phi) is 3.52. The standard InChI is InChI=1S/C17H18N4OS2/c1-10-13(18-16(22-10)14-3-2-8-23-14)9-24-17-20-19-15(11-4-5-11)21(17)12-6-7-12/h2-3,8,11-12H,4-7,9H2,1H3. The first-order valence-corrected chi connectivity index (χ1v) is 10.2. The quantitative estimate of drug-likeness (QED) is 0.592. The fourth-order valence-corrected chi connectivity index (χ4v) is 4.55.